The summed E-state index contributed by atoms with van der Waals surface area (Å²) in [7, 11) is 0. The smallest absolute Gasteiger partial charge is 0.231 e. The summed E-state index contributed by atoms with van der Waals surface area (Å²) in [5.41, 5.74) is 8.22. The summed E-state index contributed by atoms with van der Waals surface area (Å²) in [6.45, 7) is 0.273. The first kappa shape index (κ1) is 11.4. The van der Waals surface area contributed by atoms with Crippen molar-refractivity contribution in [1.82, 2.24) is 0 Å². The second-order valence-electron chi connectivity index (χ2n) is 4.14. The Kier molecular flexibility index (Phi) is 2.86. The van der Waals surface area contributed by atoms with E-state index < -0.39 is 0 Å². The number of hydrogen-bond acceptors (Lipinski definition) is 3. The van der Waals surface area contributed by atoms with Gasteiger partial charge in [-0.05, 0) is 35.4 Å². The molecular weight excluding hydrogens is 250 g/mol. The highest BCUT2D eigenvalue weighted by Crippen LogP contribution is 2.35. The highest BCUT2D eigenvalue weighted by Gasteiger charge is 2.16. The maximum Gasteiger partial charge on any atom is 0.231 e. The maximum atomic E-state index is 6.22. The molecule has 2 aromatic rings. The molecular formula is C14H12ClNO2. The Labute approximate surface area is 110 Å². The van der Waals surface area contributed by atoms with E-state index in [0.29, 0.717) is 5.02 Å². The molecule has 2 aromatic carbocycles. The van der Waals surface area contributed by atoms with Crippen LogP contribution in [0.4, 0.5) is 0 Å². The number of fused-ring (bicyclic) bond motifs is 1. The van der Waals surface area contributed by atoms with Gasteiger partial charge in [0.2, 0.25) is 6.79 Å². The van der Waals surface area contributed by atoms with Crippen LogP contribution < -0.4 is 15.2 Å². The highest BCUT2D eigenvalue weighted by atomic mass is 35.5. The number of benzene rings is 2. The summed E-state index contributed by atoms with van der Waals surface area (Å²) in [5.74, 6) is 1.51. The van der Waals surface area contributed by atoms with Crippen molar-refractivity contribution in [2.45, 2.75) is 6.04 Å². The Morgan fingerprint density at radius 3 is 2.39 bits per heavy atom. The van der Waals surface area contributed by atoms with Crippen molar-refractivity contribution in [3.05, 3.63) is 58.6 Å². The van der Waals surface area contributed by atoms with E-state index in [1.54, 1.807) is 0 Å². The number of rotatable bonds is 2. The average molecular weight is 262 g/mol. The molecule has 3 rings (SSSR count). The second kappa shape index (κ2) is 4.52. The Morgan fingerprint density at radius 2 is 1.61 bits per heavy atom. The minimum Gasteiger partial charge on any atom is -0.454 e. The topological polar surface area (TPSA) is 44.5 Å². The van der Waals surface area contributed by atoms with E-state index in [2.05, 4.69) is 0 Å². The fourth-order valence-electron chi connectivity index (χ4n) is 1.97. The SMILES string of the molecule is NC(c1ccc(Cl)cc1)c1ccc2c(c1)OCO2. The summed E-state index contributed by atoms with van der Waals surface area (Å²) in [4.78, 5) is 0. The number of nitrogens with two attached hydrogens (primary N) is 1. The van der Waals surface area contributed by atoms with Crippen LogP contribution in [-0.2, 0) is 0 Å². The van der Waals surface area contributed by atoms with Crippen molar-refractivity contribution < 1.29 is 9.47 Å². The van der Waals surface area contributed by atoms with Crippen LogP contribution in [0.15, 0.2) is 42.5 Å². The van der Waals surface area contributed by atoms with E-state index in [-0.39, 0.29) is 12.8 Å². The van der Waals surface area contributed by atoms with E-state index in [1.807, 2.05) is 42.5 Å². The van der Waals surface area contributed by atoms with Gasteiger partial charge in [-0.1, -0.05) is 29.8 Å². The predicted octanol–water partition coefficient (Wildman–Crippen LogP) is 3.12. The lowest BCUT2D eigenvalue weighted by molar-refractivity contribution is 0.174. The zero-order chi connectivity index (χ0) is 12.5. The molecule has 1 aliphatic rings. The molecule has 1 atom stereocenters. The lowest BCUT2D eigenvalue weighted by Gasteiger charge is -2.13. The van der Waals surface area contributed by atoms with Crippen LogP contribution in [0.3, 0.4) is 0 Å². The molecule has 3 nitrogen and oxygen atoms in total. The van der Waals surface area contributed by atoms with Crippen molar-refractivity contribution >= 4 is 11.6 Å². The van der Waals surface area contributed by atoms with Crippen molar-refractivity contribution in [1.29, 1.82) is 0 Å². The molecule has 92 valence electrons. The molecule has 0 amide bonds. The molecule has 0 aliphatic carbocycles. The lowest BCUT2D eigenvalue weighted by atomic mass is 9.99. The molecule has 0 bridgehead atoms. The third kappa shape index (κ3) is 2.03. The standard InChI is InChI=1S/C14H12ClNO2/c15-11-4-1-9(2-5-11)14(16)10-3-6-12-13(7-10)18-8-17-12/h1-7,14H,8,16H2. The lowest BCUT2D eigenvalue weighted by Crippen LogP contribution is -2.11. The molecule has 1 unspecified atom stereocenters. The fraction of sp³-hybridized carbons (Fsp3) is 0.143. The normalized spacial score (nSPS) is 14.6. The zero-order valence-electron chi connectivity index (χ0n) is 9.60. The van der Waals surface area contributed by atoms with Crippen molar-refractivity contribution in [3.63, 3.8) is 0 Å². The average Bonchev–Trinajstić information content (AvgIpc) is 2.86. The summed E-state index contributed by atoms with van der Waals surface area (Å²) in [6.07, 6.45) is 0. The molecule has 0 saturated heterocycles. The Bertz CT molecular complexity index is 569. The predicted molar refractivity (Wildman–Crippen MR) is 70.0 cm³/mol. The molecule has 1 aliphatic heterocycles. The van der Waals surface area contributed by atoms with Gasteiger partial charge in [0.25, 0.3) is 0 Å². The largest absolute Gasteiger partial charge is 0.454 e. The minimum absolute atomic E-state index is 0.197. The summed E-state index contributed by atoms with van der Waals surface area (Å²) in [5, 5.41) is 0.705. The molecule has 0 aromatic heterocycles. The second-order valence-corrected chi connectivity index (χ2v) is 4.58. The van der Waals surface area contributed by atoms with E-state index in [1.165, 1.54) is 0 Å². The van der Waals surface area contributed by atoms with Gasteiger partial charge in [-0.25, -0.2) is 0 Å². The van der Waals surface area contributed by atoms with Crippen LogP contribution in [0, 0.1) is 0 Å². The Morgan fingerprint density at radius 1 is 0.944 bits per heavy atom. The summed E-state index contributed by atoms with van der Waals surface area (Å²) < 4.78 is 10.6. The van der Waals surface area contributed by atoms with E-state index in [4.69, 9.17) is 26.8 Å². The van der Waals surface area contributed by atoms with Gasteiger partial charge in [0.15, 0.2) is 11.5 Å². The quantitative estimate of drug-likeness (QED) is 0.903. The fourth-order valence-corrected chi connectivity index (χ4v) is 2.10. The van der Waals surface area contributed by atoms with Crippen LogP contribution in [0.2, 0.25) is 5.02 Å². The molecule has 4 heteroatoms. The minimum atomic E-state index is -0.197. The van der Waals surface area contributed by atoms with Gasteiger partial charge in [-0.15, -0.1) is 0 Å². The monoisotopic (exact) mass is 261 g/mol. The van der Waals surface area contributed by atoms with Crippen molar-refractivity contribution in [3.8, 4) is 11.5 Å². The van der Waals surface area contributed by atoms with Gasteiger partial charge in [0, 0.05) is 5.02 Å². The third-order valence-electron chi connectivity index (χ3n) is 2.98. The zero-order valence-corrected chi connectivity index (χ0v) is 10.4. The van der Waals surface area contributed by atoms with E-state index in [0.717, 1.165) is 22.6 Å². The van der Waals surface area contributed by atoms with E-state index >= 15 is 0 Å². The van der Waals surface area contributed by atoms with Crippen molar-refractivity contribution in [2.75, 3.05) is 6.79 Å². The first-order chi connectivity index (χ1) is 8.74. The first-order valence-electron chi connectivity index (χ1n) is 5.64. The van der Waals surface area contributed by atoms with Gasteiger partial charge >= 0.3 is 0 Å². The van der Waals surface area contributed by atoms with Gasteiger partial charge in [-0.2, -0.15) is 0 Å². The van der Waals surface area contributed by atoms with Gasteiger partial charge in [0.1, 0.15) is 0 Å². The number of hydrogen-bond donors (Lipinski definition) is 1. The van der Waals surface area contributed by atoms with Crippen LogP contribution in [0.1, 0.15) is 17.2 Å². The van der Waals surface area contributed by atoms with Gasteiger partial charge < -0.3 is 15.2 Å². The number of halogens is 1. The van der Waals surface area contributed by atoms with Gasteiger partial charge in [-0.3, -0.25) is 0 Å². The summed E-state index contributed by atoms with van der Waals surface area (Å²) in [6, 6.07) is 13.1. The van der Waals surface area contributed by atoms with Gasteiger partial charge in [0.05, 0.1) is 6.04 Å². The maximum absolute atomic E-state index is 6.22. The molecule has 0 fully saturated rings. The van der Waals surface area contributed by atoms with E-state index in [9.17, 15) is 0 Å². The van der Waals surface area contributed by atoms with Crippen LogP contribution in [0.5, 0.6) is 11.5 Å². The number of ether oxygens (including phenoxy) is 2. The van der Waals surface area contributed by atoms with Crippen LogP contribution in [-0.4, -0.2) is 6.79 Å². The van der Waals surface area contributed by atoms with Crippen LogP contribution >= 0.6 is 11.6 Å². The third-order valence-corrected chi connectivity index (χ3v) is 3.24. The van der Waals surface area contributed by atoms with Crippen molar-refractivity contribution in [2.24, 2.45) is 5.73 Å². The molecule has 0 spiro atoms. The summed E-state index contributed by atoms with van der Waals surface area (Å²) >= 11 is 5.86. The Hall–Kier alpha value is -1.71. The molecule has 2 N–H and O–H groups in total. The molecule has 0 saturated carbocycles. The highest BCUT2D eigenvalue weighted by molar-refractivity contribution is 6.30. The van der Waals surface area contributed by atoms with Crippen LogP contribution in [0.25, 0.3) is 0 Å². The molecule has 18 heavy (non-hydrogen) atoms. The molecule has 1 heterocycles. The Balaban J connectivity index is 1.92. The molecule has 0 radical (unpaired) electrons. The first-order valence-corrected chi connectivity index (χ1v) is 6.02.